The number of nitrogens with zero attached hydrogens (tertiary/aromatic N) is 2. The van der Waals surface area contributed by atoms with Crippen molar-refractivity contribution in [2.75, 3.05) is 11.9 Å². The molecule has 2 aromatic heterocycles. The van der Waals surface area contributed by atoms with E-state index in [1.54, 1.807) is 17.4 Å². The second kappa shape index (κ2) is 4.40. The summed E-state index contributed by atoms with van der Waals surface area (Å²) in [5, 5.41) is 4.13. The molecule has 2 heterocycles. The number of anilines is 1. The maximum Gasteiger partial charge on any atom is 0.214 e. The van der Waals surface area contributed by atoms with Crippen molar-refractivity contribution in [3.05, 3.63) is 46.7 Å². The Morgan fingerprint density at radius 2 is 2.33 bits per heavy atom. The number of aromatic nitrogens is 1. The van der Waals surface area contributed by atoms with E-state index in [9.17, 15) is 4.39 Å². The van der Waals surface area contributed by atoms with E-state index in [1.807, 2.05) is 17.3 Å². The predicted molar refractivity (Wildman–Crippen MR) is 60.6 cm³/mol. The molecule has 2 aromatic rings. The molecule has 0 spiro atoms. The summed E-state index contributed by atoms with van der Waals surface area (Å²) in [5.74, 6) is -0.440. The Bertz CT molecular complexity index is 428. The van der Waals surface area contributed by atoms with Gasteiger partial charge in [0, 0.05) is 31.5 Å². The zero-order chi connectivity index (χ0) is 10.7. The highest BCUT2D eigenvalue weighted by atomic mass is 32.1. The van der Waals surface area contributed by atoms with Gasteiger partial charge in [-0.15, -0.1) is 0 Å². The molecule has 4 heteroatoms. The molecule has 15 heavy (non-hydrogen) atoms. The van der Waals surface area contributed by atoms with Gasteiger partial charge in [-0.2, -0.15) is 15.7 Å². The molecule has 0 unspecified atom stereocenters. The van der Waals surface area contributed by atoms with Gasteiger partial charge in [-0.05, 0) is 28.5 Å². The van der Waals surface area contributed by atoms with Crippen LogP contribution in [-0.2, 0) is 6.54 Å². The first kappa shape index (κ1) is 10.1. The highest BCUT2D eigenvalue weighted by molar-refractivity contribution is 7.07. The molecule has 0 aliphatic carbocycles. The third-order valence-electron chi connectivity index (χ3n) is 2.15. The summed E-state index contributed by atoms with van der Waals surface area (Å²) < 4.78 is 12.9. The smallest absolute Gasteiger partial charge is 0.214 e. The van der Waals surface area contributed by atoms with Crippen molar-refractivity contribution < 1.29 is 4.39 Å². The molecule has 0 aliphatic rings. The third kappa shape index (κ3) is 2.53. The molecule has 0 amide bonds. The van der Waals surface area contributed by atoms with E-state index < -0.39 is 5.95 Å². The average molecular weight is 222 g/mol. The predicted octanol–water partition coefficient (Wildman–Crippen LogP) is 2.92. The average Bonchev–Trinajstić information content (AvgIpc) is 2.70. The van der Waals surface area contributed by atoms with Gasteiger partial charge in [0.15, 0.2) is 0 Å². The van der Waals surface area contributed by atoms with Crippen LogP contribution in [-0.4, -0.2) is 12.0 Å². The van der Waals surface area contributed by atoms with Crippen LogP contribution in [0.3, 0.4) is 0 Å². The van der Waals surface area contributed by atoms with Crippen LogP contribution in [0.25, 0.3) is 0 Å². The minimum Gasteiger partial charge on any atom is -0.370 e. The van der Waals surface area contributed by atoms with Gasteiger partial charge >= 0.3 is 0 Å². The van der Waals surface area contributed by atoms with Crippen molar-refractivity contribution in [2.24, 2.45) is 0 Å². The van der Waals surface area contributed by atoms with Gasteiger partial charge in [0.05, 0.1) is 0 Å². The SMILES string of the molecule is CN(Cc1ccsc1)c1ccnc(F)c1. The van der Waals surface area contributed by atoms with Gasteiger partial charge in [-0.25, -0.2) is 4.98 Å². The van der Waals surface area contributed by atoms with Crippen LogP contribution in [0.4, 0.5) is 10.1 Å². The van der Waals surface area contributed by atoms with E-state index in [-0.39, 0.29) is 0 Å². The van der Waals surface area contributed by atoms with Gasteiger partial charge in [0.25, 0.3) is 0 Å². The monoisotopic (exact) mass is 222 g/mol. The fourth-order valence-corrected chi connectivity index (χ4v) is 2.04. The molecule has 0 aliphatic heterocycles. The first-order valence-electron chi connectivity index (χ1n) is 4.59. The van der Waals surface area contributed by atoms with E-state index in [0.29, 0.717) is 0 Å². The lowest BCUT2D eigenvalue weighted by Gasteiger charge is -2.18. The standard InChI is InChI=1S/C11H11FN2S/c1-14(7-9-3-5-15-8-9)10-2-4-13-11(12)6-10/h2-6,8H,7H2,1H3. The fraction of sp³-hybridized carbons (Fsp3) is 0.182. The summed E-state index contributed by atoms with van der Waals surface area (Å²) in [6, 6.07) is 5.31. The number of hydrogen-bond donors (Lipinski definition) is 0. The molecule has 2 rings (SSSR count). The summed E-state index contributed by atoms with van der Waals surface area (Å²) in [7, 11) is 1.94. The van der Waals surface area contributed by atoms with Crippen molar-refractivity contribution in [3.63, 3.8) is 0 Å². The van der Waals surface area contributed by atoms with Crippen LogP contribution in [0.5, 0.6) is 0 Å². The molecule has 0 aromatic carbocycles. The Balaban J connectivity index is 2.11. The van der Waals surface area contributed by atoms with Gasteiger partial charge in [0.2, 0.25) is 5.95 Å². The van der Waals surface area contributed by atoms with Crippen molar-refractivity contribution in [3.8, 4) is 0 Å². The molecule has 2 nitrogen and oxygen atoms in total. The van der Waals surface area contributed by atoms with Crippen LogP contribution in [0.15, 0.2) is 35.2 Å². The Hall–Kier alpha value is -1.42. The lowest BCUT2D eigenvalue weighted by atomic mass is 10.3. The zero-order valence-electron chi connectivity index (χ0n) is 8.35. The lowest BCUT2D eigenvalue weighted by molar-refractivity contribution is 0.583. The van der Waals surface area contributed by atoms with Gasteiger partial charge in [0.1, 0.15) is 0 Å². The Morgan fingerprint density at radius 3 is 3.00 bits per heavy atom. The minimum absolute atomic E-state index is 0.440. The second-order valence-electron chi connectivity index (χ2n) is 3.32. The summed E-state index contributed by atoms with van der Waals surface area (Å²) in [6.07, 6.45) is 1.48. The molecule has 0 saturated carbocycles. The topological polar surface area (TPSA) is 16.1 Å². The van der Waals surface area contributed by atoms with Crippen molar-refractivity contribution in [2.45, 2.75) is 6.54 Å². The first-order chi connectivity index (χ1) is 7.25. The normalized spacial score (nSPS) is 10.3. The molecule has 0 radical (unpaired) electrons. The molecular formula is C11H11FN2S. The fourth-order valence-electron chi connectivity index (χ4n) is 1.38. The van der Waals surface area contributed by atoms with Crippen LogP contribution in [0.2, 0.25) is 0 Å². The molecule has 0 fully saturated rings. The summed E-state index contributed by atoms with van der Waals surface area (Å²) >= 11 is 1.67. The number of rotatable bonds is 3. The third-order valence-corrected chi connectivity index (χ3v) is 2.88. The molecule has 0 bridgehead atoms. The Kier molecular flexibility index (Phi) is 2.97. The molecule has 78 valence electrons. The van der Waals surface area contributed by atoms with Crippen LogP contribution in [0.1, 0.15) is 5.56 Å². The highest BCUT2D eigenvalue weighted by Crippen LogP contribution is 2.16. The van der Waals surface area contributed by atoms with Crippen molar-refractivity contribution in [1.82, 2.24) is 4.98 Å². The van der Waals surface area contributed by atoms with E-state index in [4.69, 9.17) is 0 Å². The zero-order valence-corrected chi connectivity index (χ0v) is 9.17. The number of hydrogen-bond acceptors (Lipinski definition) is 3. The molecule has 0 saturated heterocycles. The maximum absolute atomic E-state index is 12.9. The van der Waals surface area contributed by atoms with Crippen LogP contribution < -0.4 is 4.90 Å². The summed E-state index contributed by atoms with van der Waals surface area (Å²) in [5.41, 5.74) is 2.08. The van der Waals surface area contributed by atoms with Gasteiger partial charge < -0.3 is 4.90 Å². The Morgan fingerprint density at radius 1 is 1.47 bits per heavy atom. The van der Waals surface area contributed by atoms with E-state index >= 15 is 0 Å². The number of pyridine rings is 1. The van der Waals surface area contributed by atoms with E-state index in [2.05, 4.69) is 16.4 Å². The van der Waals surface area contributed by atoms with Crippen molar-refractivity contribution >= 4 is 17.0 Å². The lowest BCUT2D eigenvalue weighted by Crippen LogP contribution is -2.16. The second-order valence-corrected chi connectivity index (χ2v) is 4.10. The number of halogens is 1. The van der Waals surface area contributed by atoms with E-state index in [0.717, 1.165) is 12.2 Å². The summed E-state index contributed by atoms with van der Waals surface area (Å²) in [4.78, 5) is 5.52. The Labute approximate surface area is 92.0 Å². The number of thiophene rings is 1. The van der Waals surface area contributed by atoms with Gasteiger partial charge in [-0.3, -0.25) is 0 Å². The minimum atomic E-state index is -0.440. The molecule has 0 N–H and O–H groups in total. The highest BCUT2D eigenvalue weighted by Gasteiger charge is 2.03. The van der Waals surface area contributed by atoms with Crippen LogP contribution >= 0.6 is 11.3 Å². The molecule has 0 atom stereocenters. The first-order valence-corrected chi connectivity index (χ1v) is 5.54. The maximum atomic E-state index is 12.9. The quantitative estimate of drug-likeness (QED) is 0.742. The molecular weight excluding hydrogens is 211 g/mol. The largest absolute Gasteiger partial charge is 0.370 e. The summed E-state index contributed by atoms with van der Waals surface area (Å²) in [6.45, 7) is 0.785. The van der Waals surface area contributed by atoms with Gasteiger partial charge in [-0.1, -0.05) is 0 Å². The van der Waals surface area contributed by atoms with E-state index in [1.165, 1.54) is 17.8 Å². The van der Waals surface area contributed by atoms with Crippen molar-refractivity contribution in [1.29, 1.82) is 0 Å². The van der Waals surface area contributed by atoms with Crippen LogP contribution in [0, 0.1) is 5.95 Å².